The topological polar surface area (TPSA) is 49.4 Å². The summed E-state index contributed by atoms with van der Waals surface area (Å²) in [6, 6.07) is 24.5. The van der Waals surface area contributed by atoms with Crippen LogP contribution in [0.2, 0.25) is 5.02 Å². The van der Waals surface area contributed by atoms with E-state index in [4.69, 9.17) is 11.6 Å². The van der Waals surface area contributed by atoms with E-state index in [1.165, 1.54) is 0 Å². The van der Waals surface area contributed by atoms with Gasteiger partial charge >= 0.3 is 0 Å². The van der Waals surface area contributed by atoms with Crippen molar-refractivity contribution in [2.24, 2.45) is 0 Å². The van der Waals surface area contributed by atoms with Crippen molar-refractivity contribution in [2.45, 2.75) is 11.9 Å². The van der Waals surface area contributed by atoms with E-state index in [1.54, 1.807) is 36.0 Å². The SMILES string of the molecule is O=C(Nc1ccccc1Cl)c1ccc([C@H]2SCC(=O)N2Cc2ccccc2)cc1. The Labute approximate surface area is 178 Å². The number of rotatable bonds is 5. The first kappa shape index (κ1) is 19.6. The molecule has 1 N–H and O–H groups in total. The van der Waals surface area contributed by atoms with E-state index in [0.717, 1.165) is 11.1 Å². The first-order chi connectivity index (χ1) is 14.1. The molecule has 4 nitrogen and oxygen atoms in total. The largest absolute Gasteiger partial charge is 0.322 e. The average molecular weight is 423 g/mol. The van der Waals surface area contributed by atoms with Crippen molar-refractivity contribution in [1.82, 2.24) is 4.90 Å². The van der Waals surface area contributed by atoms with E-state index in [-0.39, 0.29) is 17.2 Å². The molecule has 0 unspecified atom stereocenters. The Hall–Kier alpha value is -2.76. The highest BCUT2D eigenvalue weighted by atomic mass is 35.5. The molecule has 146 valence electrons. The van der Waals surface area contributed by atoms with Gasteiger partial charge in [-0.3, -0.25) is 9.59 Å². The number of para-hydroxylation sites is 1. The first-order valence-corrected chi connectivity index (χ1v) is 10.7. The summed E-state index contributed by atoms with van der Waals surface area (Å²) in [6.45, 7) is 0.575. The third-order valence-corrected chi connectivity index (χ3v) is 6.33. The third kappa shape index (κ3) is 4.47. The maximum Gasteiger partial charge on any atom is 0.255 e. The number of benzene rings is 3. The van der Waals surface area contributed by atoms with Crippen LogP contribution in [0.5, 0.6) is 0 Å². The second kappa shape index (κ2) is 8.72. The fourth-order valence-electron chi connectivity index (χ4n) is 3.24. The molecule has 1 aliphatic heterocycles. The molecule has 3 aromatic rings. The van der Waals surface area contributed by atoms with E-state index in [0.29, 0.717) is 28.6 Å². The van der Waals surface area contributed by atoms with Crippen LogP contribution in [0.1, 0.15) is 26.9 Å². The molecule has 1 saturated heterocycles. The van der Waals surface area contributed by atoms with Crippen molar-refractivity contribution in [3.63, 3.8) is 0 Å². The lowest BCUT2D eigenvalue weighted by Gasteiger charge is -2.24. The lowest BCUT2D eigenvalue weighted by atomic mass is 10.1. The van der Waals surface area contributed by atoms with Crippen molar-refractivity contribution < 1.29 is 9.59 Å². The van der Waals surface area contributed by atoms with Gasteiger partial charge in [0, 0.05) is 12.1 Å². The first-order valence-electron chi connectivity index (χ1n) is 9.22. The van der Waals surface area contributed by atoms with Crippen LogP contribution >= 0.6 is 23.4 Å². The Morgan fingerprint density at radius 1 is 1.00 bits per heavy atom. The standard InChI is InChI=1S/C23H19ClN2O2S/c24-19-8-4-5-9-20(19)25-22(28)17-10-12-18(13-11-17)23-26(21(27)15-29-23)14-16-6-2-1-3-7-16/h1-13,23H,14-15H2,(H,25,28)/t23-/m1/s1. The Kier molecular flexibility index (Phi) is 5.88. The van der Waals surface area contributed by atoms with Gasteiger partial charge in [0.1, 0.15) is 5.37 Å². The summed E-state index contributed by atoms with van der Waals surface area (Å²) < 4.78 is 0. The molecule has 6 heteroatoms. The van der Waals surface area contributed by atoms with Crippen LogP contribution in [0.15, 0.2) is 78.9 Å². The lowest BCUT2D eigenvalue weighted by molar-refractivity contribution is -0.128. The number of nitrogens with one attached hydrogen (secondary N) is 1. The molecule has 3 aromatic carbocycles. The number of nitrogens with zero attached hydrogens (tertiary/aromatic N) is 1. The highest BCUT2D eigenvalue weighted by Crippen LogP contribution is 2.39. The van der Waals surface area contributed by atoms with Crippen molar-refractivity contribution >= 4 is 40.9 Å². The van der Waals surface area contributed by atoms with E-state index < -0.39 is 0 Å². The van der Waals surface area contributed by atoms with E-state index in [2.05, 4.69) is 5.32 Å². The molecular formula is C23H19ClN2O2S. The summed E-state index contributed by atoms with van der Waals surface area (Å²) in [7, 11) is 0. The minimum absolute atomic E-state index is 0.0524. The fourth-order valence-corrected chi connectivity index (χ4v) is 4.61. The van der Waals surface area contributed by atoms with Crippen LogP contribution in [0.4, 0.5) is 5.69 Å². The monoisotopic (exact) mass is 422 g/mol. The van der Waals surface area contributed by atoms with Gasteiger partial charge < -0.3 is 10.2 Å². The molecule has 1 aliphatic rings. The molecule has 29 heavy (non-hydrogen) atoms. The normalized spacial score (nSPS) is 16.1. The highest BCUT2D eigenvalue weighted by molar-refractivity contribution is 8.00. The van der Waals surface area contributed by atoms with Gasteiger partial charge in [-0.25, -0.2) is 0 Å². The quantitative estimate of drug-likeness (QED) is 0.601. The summed E-state index contributed by atoms with van der Waals surface area (Å²) >= 11 is 7.72. The summed E-state index contributed by atoms with van der Waals surface area (Å²) in [4.78, 5) is 26.8. The molecule has 0 bridgehead atoms. The maximum atomic E-state index is 12.5. The number of carbonyl (C=O) groups excluding carboxylic acids is 2. The molecule has 1 atom stereocenters. The van der Waals surface area contributed by atoms with Gasteiger partial charge in [0.2, 0.25) is 5.91 Å². The van der Waals surface area contributed by atoms with Gasteiger partial charge in [-0.05, 0) is 35.4 Å². The molecule has 0 radical (unpaired) electrons. The second-order valence-electron chi connectivity index (χ2n) is 6.73. The number of anilines is 1. The van der Waals surface area contributed by atoms with Crippen LogP contribution < -0.4 is 5.32 Å². The smallest absolute Gasteiger partial charge is 0.255 e. The van der Waals surface area contributed by atoms with Crippen LogP contribution in [-0.4, -0.2) is 22.5 Å². The third-order valence-electron chi connectivity index (χ3n) is 4.74. The van der Waals surface area contributed by atoms with Crippen molar-refractivity contribution in [3.05, 3.63) is 101 Å². The van der Waals surface area contributed by atoms with Crippen molar-refractivity contribution in [1.29, 1.82) is 0 Å². The zero-order valence-corrected chi connectivity index (χ0v) is 17.1. The molecule has 1 heterocycles. The highest BCUT2D eigenvalue weighted by Gasteiger charge is 2.32. The molecule has 0 spiro atoms. The Bertz CT molecular complexity index is 1020. The van der Waals surface area contributed by atoms with Crippen LogP contribution in [-0.2, 0) is 11.3 Å². The zero-order chi connectivity index (χ0) is 20.2. The van der Waals surface area contributed by atoms with Crippen LogP contribution in [0.3, 0.4) is 0 Å². The maximum absolute atomic E-state index is 12.5. The minimum Gasteiger partial charge on any atom is -0.322 e. The Morgan fingerprint density at radius 3 is 2.41 bits per heavy atom. The summed E-state index contributed by atoms with van der Waals surface area (Å²) in [5.41, 5.74) is 3.22. The van der Waals surface area contributed by atoms with Gasteiger partial charge in [0.05, 0.1) is 16.5 Å². The molecule has 1 fully saturated rings. The number of halogens is 1. The number of carbonyl (C=O) groups is 2. The van der Waals surface area contributed by atoms with Crippen molar-refractivity contribution in [2.75, 3.05) is 11.1 Å². The summed E-state index contributed by atoms with van der Waals surface area (Å²) in [5.74, 6) is 0.372. The van der Waals surface area contributed by atoms with Crippen LogP contribution in [0.25, 0.3) is 0 Å². The molecule has 0 saturated carbocycles. The number of thioether (sulfide) groups is 1. The number of hydrogen-bond acceptors (Lipinski definition) is 3. The van der Waals surface area contributed by atoms with Crippen molar-refractivity contribution in [3.8, 4) is 0 Å². The van der Waals surface area contributed by atoms with E-state index in [1.807, 2.05) is 59.5 Å². The predicted octanol–water partition coefficient (Wildman–Crippen LogP) is 5.37. The van der Waals surface area contributed by atoms with Gasteiger partial charge in [0.25, 0.3) is 5.91 Å². The number of hydrogen-bond donors (Lipinski definition) is 1. The van der Waals surface area contributed by atoms with Gasteiger partial charge in [-0.15, -0.1) is 11.8 Å². The molecular weight excluding hydrogens is 404 g/mol. The minimum atomic E-state index is -0.221. The summed E-state index contributed by atoms with van der Waals surface area (Å²) in [6.07, 6.45) is 0. The molecule has 4 rings (SSSR count). The Balaban J connectivity index is 1.48. The second-order valence-corrected chi connectivity index (χ2v) is 8.20. The Morgan fingerprint density at radius 2 is 1.69 bits per heavy atom. The van der Waals surface area contributed by atoms with Crippen LogP contribution in [0, 0.1) is 0 Å². The molecule has 0 aromatic heterocycles. The van der Waals surface area contributed by atoms with Gasteiger partial charge in [-0.1, -0.05) is 66.2 Å². The fraction of sp³-hybridized carbons (Fsp3) is 0.130. The predicted molar refractivity (Wildman–Crippen MR) is 118 cm³/mol. The van der Waals surface area contributed by atoms with E-state index in [9.17, 15) is 9.59 Å². The van der Waals surface area contributed by atoms with E-state index >= 15 is 0 Å². The number of amides is 2. The zero-order valence-electron chi connectivity index (χ0n) is 15.5. The average Bonchev–Trinajstić information content (AvgIpc) is 3.11. The van der Waals surface area contributed by atoms with Gasteiger partial charge in [0.15, 0.2) is 0 Å². The lowest BCUT2D eigenvalue weighted by Crippen LogP contribution is -2.27. The summed E-state index contributed by atoms with van der Waals surface area (Å²) in [5, 5.41) is 3.27. The van der Waals surface area contributed by atoms with Gasteiger partial charge in [-0.2, -0.15) is 0 Å². The molecule has 2 amide bonds. The molecule has 0 aliphatic carbocycles.